The first-order valence-electron chi connectivity index (χ1n) is 7.77. The summed E-state index contributed by atoms with van der Waals surface area (Å²) < 4.78 is 0. The molecule has 1 aliphatic heterocycles. The summed E-state index contributed by atoms with van der Waals surface area (Å²) in [6, 6.07) is 8.05. The largest absolute Gasteiger partial charge is 0.508 e. The molecule has 2 aliphatic carbocycles. The summed E-state index contributed by atoms with van der Waals surface area (Å²) in [5.74, 6) is 0.249. The predicted octanol–water partition coefficient (Wildman–Crippen LogP) is 1.60. The van der Waals surface area contributed by atoms with E-state index in [2.05, 4.69) is 11.4 Å². The van der Waals surface area contributed by atoms with Crippen LogP contribution in [0.2, 0.25) is 0 Å². The lowest BCUT2D eigenvalue weighted by atomic mass is 9.48. The summed E-state index contributed by atoms with van der Waals surface area (Å²) in [6.07, 6.45) is 3.57. The van der Waals surface area contributed by atoms with E-state index >= 15 is 0 Å². The Balaban J connectivity index is 1.97. The van der Waals surface area contributed by atoms with Crippen LogP contribution in [0.3, 0.4) is 0 Å². The van der Waals surface area contributed by atoms with E-state index in [1.54, 1.807) is 6.07 Å². The van der Waals surface area contributed by atoms with Gasteiger partial charge in [-0.05, 0) is 50.3 Å². The number of phenolic OH excluding ortho intramolecular Hbond substituents is 1. The minimum atomic E-state index is -0.843. The molecule has 1 saturated heterocycles. The van der Waals surface area contributed by atoms with Crippen molar-refractivity contribution in [1.29, 1.82) is 5.26 Å². The van der Waals surface area contributed by atoms with E-state index in [1.807, 2.05) is 12.1 Å². The molecule has 3 N–H and O–H groups in total. The third-order valence-corrected chi connectivity index (χ3v) is 6.03. The van der Waals surface area contributed by atoms with Crippen molar-refractivity contribution >= 4 is 0 Å². The molecule has 2 bridgehead atoms. The first-order valence-corrected chi connectivity index (χ1v) is 7.77. The average molecular weight is 284 g/mol. The van der Waals surface area contributed by atoms with Gasteiger partial charge in [0.05, 0.1) is 11.7 Å². The van der Waals surface area contributed by atoms with Gasteiger partial charge in [-0.3, -0.25) is 0 Å². The molecule has 3 aliphatic rings. The number of fused-ring (bicyclic) bond motifs is 1. The van der Waals surface area contributed by atoms with Gasteiger partial charge in [0.25, 0.3) is 0 Å². The maximum atomic E-state index is 11.5. The van der Waals surface area contributed by atoms with Gasteiger partial charge in [0.2, 0.25) is 0 Å². The summed E-state index contributed by atoms with van der Waals surface area (Å²) in [5.41, 5.74) is 0.714. The van der Waals surface area contributed by atoms with E-state index < -0.39 is 11.0 Å². The molecule has 4 atom stereocenters. The van der Waals surface area contributed by atoms with Crippen LogP contribution >= 0.6 is 0 Å². The van der Waals surface area contributed by atoms with Crippen molar-refractivity contribution in [3.63, 3.8) is 0 Å². The standard InChI is InChI=1S/C17H20N2O2/c18-10-11-4-5-17(21)14-8-12-2-1-3-13(20)15(12)16(17,9-11)6-7-19-14/h1-3,11,14,19-21H,4-9H2/t11?,14-,16-,17-/m1/s1. The van der Waals surface area contributed by atoms with Crippen LogP contribution in [-0.4, -0.2) is 28.4 Å². The topological polar surface area (TPSA) is 76.3 Å². The minimum absolute atomic E-state index is 0.0280. The van der Waals surface area contributed by atoms with Crippen molar-refractivity contribution < 1.29 is 10.2 Å². The Hall–Kier alpha value is -1.57. The van der Waals surface area contributed by atoms with Crippen LogP contribution in [0.15, 0.2) is 18.2 Å². The van der Waals surface area contributed by atoms with Gasteiger partial charge in [-0.15, -0.1) is 0 Å². The van der Waals surface area contributed by atoms with Gasteiger partial charge in [0.1, 0.15) is 5.75 Å². The van der Waals surface area contributed by atoms with Crippen LogP contribution in [0.1, 0.15) is 36.8 Å². The number of piperidine rings is 1. The van der Waals surface area contributed by atoms with Gasteiger partial charge in [-0.1, -0.05) is 12.1 Å². The molecule has 0 amide bonds. The lowest BCUT2D eigenvalue weighted by Gasteiger charge is -2.61. The molecule has 2 fully saturated rings. The molecule has 4 heteroatoms. The molecule has 1 saturated carbocycles. The zero-order valence-electron chi connectivity index (χ0n) is 12.0. The van der Waals surface area contributed by atoms with Crippen molar-refractivity contribution in [3.05, 3.63) is 29.3 Å². The van der Waals surface area contributed by atoms with E-state index in [0.717, 1.165) is 36.9 Å². The number of hydrogen-bond donors (Lipinski definition) is 3. The SMILES string of the molecule is N#CC1CC[C@@]2(O)[C@H]3Cc4cccc(O)c4[C@@]2(CCN3)C1. The normalized spacial score (nSPS) is 40.8. The number of nitrogens with one attached hydrogen (secondary N) is 1. The van der Waals surface area contributed by atoms with Gasteiger partial charge in [0, 0.05) is 22.9 Å². The van der Waals surface area contributed by atoms with Crippen LogP contribution < -0.4 is 5.32 Å². The molecule has 1 aromatic rings. The van der Waals surface area contributed by atoms with Crippen molar-refractivity contribution in [2.45, 2.75) is 49.2 Å². The highest BCUT2D eigenvalue weighted by Gasteiger charge is 2.63. The Morgan fingerprint density at radius 2 is 2.19 bits per heavy atom. The predicted molar refractivity (Wildman–Crippen MR) is 77.8 cm³/mol. The third kappa shape index (κ3) is 1.51. The molecule has 0 aromatic heterocycles. The molecular formula is C17H20N2O2. The van der Waals surface area contributed by atoms with Gasteiger partial charge < -0.3 is 15.5 Å². The van der Waals surface area contributed by atoms with Crippen LogP contribution in [-0.2, 0) is 11.8 Å². The first-order chi connectivity index (χ1) is 10.1. The molecule has 1 aromatic carbocycles. The number of nitriles is 1. The Morgan fingerprint density at radius 1 is 1.33 bits per heavy atom. The van der Waals surface area contributed by atoms with E-state index in [0.29, 0.717) is 12.8 Å². The quantitative estimate of drug-likeness (QED) is 0.676. The zero-order chi connectivity index (χ0) is 14.7. The molecular weight excluding hydrogens is 264 g/mol. The van der Waals surface area contributed by atoms with Crippen molar-refractivity contribution in [2.24, 2.45) is 5.92 Å². The van der Waals surface area contributed by atoms with E-state index in [-0.39, 0.29) is 17.7 Å². The lowest BCUT2D eigenvalue weighted by molar-refractivity contribution is -0.131. The molecule has 21 heavy (non-hydrogen) atoms. The van der Waals surface area contributed by atoms with Gasteiger partial charge >= 0.3 is 0 Å². The van der Waals surface area contributed by atoms with Gasteiger partial charge in [-0.2, -0.15) is 5.26 Å². The monoisotopic (exact) mass is 284 g/mol. The third-order valence-electron chi connectivity index (χ3n) is 6.03. The lowest BCUT2D eigenvalue weighted by Crippen LogP contribution is -2.72. The summed E-state index contributed by atoms with van der Waals surface area (Å²) in [5, 5.41) is 34.8. The highest BCUT2D eigenvalue weighted by Crippen LogP contribution is 2.59. The first kappa shape index (κ1) is 13.1. The average Bonchev–Trinajstić information content (AvgIpc) is 2.46. The fourth-order valence-corrected chi connectivity index (χ4v) is 5.11. The Bertz CT molecular complexity index is 638. The Morgan fingerprint density at radius 3 is 3.00 bits per heavy atom. The molecule has 110 valence electrons. The summed E-state index contributed by atoms with van der Waals surface area (Å²) in [7, 11) is 0. The zero-order valence-corrected chi connectivity index (χ0v) is 12.0. The number of benzene rings is 1. The van der Waals surface area contributed by atoms with E-state index in [9.17, 15) is 15.5 Å². The number of nitrogens with zero attached hydrogens (tertiary/aromatic N) is 1. The second-order valence-corrected chi connectivity index (χ2v) is 6.85. The summed E-state index contributed by atoms with van der Waals surface area (Å²) >= 11 is 0. The number of aromatic hydroxyl groups is 1. The number of phenols is 1. The molecule has 4 nitrogen and oxygen atoms in total. The van der Waals surface area contributed by atoms with Crippen LogP contribution in [0.25, 0.3) is 0 Å². The fraction of sp³-hybridized carbons (Fsp3) is 0.588. The van der Waals surface area contributed by atoms with E-state index in [4.69, 9.17) is 0 Å². The number of rotatable bonds is 0. The number of aliphatic hydroxyl groups is 1. The summed E-state index contributed by atoms with van der Waals surface area (Å²) in [6.45, 7) is 0.832. The summed E-state index contributed by atoms with van der Waals surface area (Å²) in [4.78, 5) is 0. The maximum Gasteiger partial charge on any atom is 0.119 e. The highest BCUT2D eigenvalue weighted by molar-refractivity contribution is 5.52. The van der Waals surface area contributed by atoms with Crippen molar-refractivity contribution in [1.82, 2.24) is 5.32 Å². The Labute approximate surface area is 124 Å². The van der Waals surface area contributed by atoms with Gasteiger partial charge in [0.15, 0.2) is 0 Å². The molecule has 1 unspecified atom stereocenters. The molecule has 1 heterocycles. The molecule has 0 spiro atoms. The Kier molecular flexibility index (Phi) is 2.64. The fourth-order valence-electron chi connectivity index (χ4n) is 5.11. The van der Waals surface area contributed by atoms with Gasteiger partial charge in [-0.25, -0.2) is 0 Å². The second-order valence-electron chi connectivity index (χ2n) is 6.85. The number of hydrogen-bond acceptors (Lipinski definition) is 4. The van der Waals surface area contributed by atoms with Crippen LogP contribution in [0.4, 0.5) is 0 Å². The second kappa shape index (κ2) is 4.22. The van der Waals surface area contributed by atoms with Crippen molar-refractivity contribution in [2.75, 3.05) is 6.54 Å². The highest BCUT2D eigenvalue weighted by atomic mass is 16.3. The maximum absolute atomic E-state index is 11.5. The molecule has 0 radical (unpaired) electrons. The smallest absolute Gasteiger partial charge is 0.119 e. The van der Waals surface area contributed by atoms with E-state index in [1.165, 1.54) is 0 Å². The molecule has 4 rings (SSSR count). The van der Waals surface area contributed by atoms with Crippen LogP contribution in [0.5, 0.6) is 5.75 Å². The minimum Gasteiger partial charge on any atom is -0.508 e. The van der Waals surface area contributed by atoms with Crippen LogP contribution in [0, 0.1) is 17.2 Å². The van der Waals surface area contributed by atoms with Crippen molar-refractivity contribution in [3.8, 4) is 11.8 Å².